The first-order chi connectivity index (χ1) is 36.2. The van der Waals surface area contributed by atoms with Gasteiger partial charge in [-0.15, -0.1) is 0 Å². The van der Waals surface area contributed by atoms with E-state index in [9.17, 15) is 40.5 Å². The number of aliphatic hydroxyl groups excluding tert-OH is 7. The van der Waals surface area contributed by atoms with E-state index < -0.39 is 74.2 Å². The van der Waals surface area contributed by atoms with Gasteiger partial charge in [0.15, 0.2) is 6.29 Å². The molecule has 0 aromatic rings. The Hall–Kier alpha value is -1.67. The predicted molar refractivity (Wildman–Crippen MR) is 307 cm³/mol. The molecule has 1 aliphatic heterocycles. The van der Waals surface area contributed by atoms with Crippen molar-refractivity contribution in [2.75, 3.05) is 13.2 Å². The van der Waals surface area contributed by atoms with Gasteiger partial charge in [0, 0.05) is 0 Å². The van der Waals surface area contributed by atoms with Crippen molar-refractivity contribution < 1.29 is 50.0 Å². The van der Waals surface area contributed by atoms with Crippen molar-refractivity contribution in [1.29, 1.82) is 0 Å². The monoisotopic (exact) mass is 1050 g/mol. The minimum atomic E-state index is -1.67. The van der Waals surface area contributed by atoms with Gasteiger partial charge in [-0.1, -0.05) is 256 Å². The minimum Gasteiger partial charge on any atom is -0.394 e. The maximum Gasteiger partial charge on any atom is 0.249 e. The highest BCUT2D eigenvalue weighted by Gasteiger charge is 2.44. The zero-order valence-electron chi connectivity index (χ0n) is 47.8. The molecule has 0 radical (unpaired) electrons. The topological polar surface area (TPSA) is 189 Å². The number of hydrogen-bond donors (Lipinski definition) is 8. The first-order valence-corrected chi connectivity index (χ1v) is 31.4. The van der Waals surface area contributed by atoms with E-state index in [0.717, 1.165) is 44.9 Å². The average molecular weight is 1050 g/mol. The van der Waals surface area contributed by atoms with Crippen LogP contribution in [0.3, 0.4) is 0 Å². The van der Waals surface area contributed by atoms with Crippen molar-refractivity contribution in [3.05, 3.63) is 36.5 Å². The molecule has 1 fully saturated rings. The molecule has 436 valence electrons. The molecule has 9 atom stereocenters. The number of amides is 1. The quantitative estimate of drug-likeness (QED) is 0.0215. The molecule has 9 unspecified atom stereocenters. The summed E-state index contributed by atoms with van der Waals surface area (Å²) in [5.41, 5.74) is 0. The van der Waals surface area contributed by atoms with Crippen LogP contribution in [0.1, 0.15) is 290 Å². The van der Waals surface area contributed by atoms with Gasteiger partial charge in [0.05, 0.1) is 25.4 Å². The van der Waals surface area contributed by atoms with E-state index in [4.69, 9.17) is 9.47 Å². The lowest BCUT2D eigenvalue weighted by Gasteiger charge is -2.40. The summed E-state index contributed by atoms with van der Waals surface area (Å²) in [6.45, 7) is 3.47. The molecule has 1 amide bonds. The number of ether oxygens (including phenoxy) is 2. The van der Waals surface area contributed by atoms with E-state index in [1.807, 2.05) is 0 Å². The Balaban J connectivity index is 2.24. The van der Waals surface area contributed by atoms with Crippen molar-refractivity contribution in [1.82, 2.24) is 5.32 Å². The Morgan fingerprint density at radius 3 is 1.24 bits per heavy atom. The van der Waals surface area contributed by atoms with E-state index in [-0.39, 0.29) is 12.8 Å². The Kier molecular flexibility index (Phi) is 49.5. The lowest BCUT2D eigenvalue weighted by atomic mass is 9.98. The molecule has 1 saturated heterocycles. The molecule has 0 aromatic carbocycles. The molecule has 0 aliphatic carbocycles. The number of rotatable bonds is 54. The molecule has 11 nitrogen and oxygen atoms in total. The number of hydrogen-bond acceptors (Lipinski definition) is 10. The molecule has 0 bridgehead atoms. The van der Waals surface area contributed by atoms with Crippen molar-refractivity contribution in [3.63, 3.8) is 0 Å². The van der Waals surface area contributed by atoms with Gasteiger partial charge < -0.3 is 50.5 Å². The molecule has 8 N–H and O–H groups in total. The summed E-state index contributed by atoms with van der Waals surface area (Å²) in [4.78, 5) is 13.2. The zero-order chi connectivity index (χ0) is 54.0. The van der Waals surface area contributed by atoms with Gasteiger partial charge in [-0.3, -0.25) is 4.79 Å². The van der Waals surface area contributed by atoms with Crippen molar-refractivity contribution in [2.45, 2.75) is 345 Å². The van der Waals surface area contributed by atoms with Crippen LogP contribution in [0, 0.1) is 0 Å². The zero-order valence-corrected chi connectivity index (χ0v) is 47.8. The molecule has 11 heteroatoms. The fourth-order valence-electron chi connectivity index (χ4n) is 10.1. The number of aliphatic hydroxyl groups is 7. The second kappa shape index (κ2) is 52.1. The number of carbonyl (C=O) groups is 1. The van der Waals surface area contributed by atoms with Crippen LogP contribution >= 0.6 is 0 Å². The lowest BCUT2D eigenvalue weighted by Crippen LogP contribution is -2.60. The highest BCUT2D eigenvalue weighted by atomic mass is 16.7. The third-order valence-electron chi connectivity index (χ3n) is 15.2. The number of allylic oxidation sites excluding steroid dienone is 6. The summed E-state index contributed by atoms with van der Waals surface area (Å²) >= 11 is 0. The predicted octanol–water partition coefficient (Wildman–Crippen LogP) is 13.9. The highest BCUT2D eigenvalue weighted by molar-refractivity contribution is 5.80. The van der Waals surface area contributed by atoms with Crippen LogP contribution in [-0.2, 0) is 14.3 Å². The van der Waals surface area contributed by atoms with Crippen molar-refractivity contribution in [3.8, 4) is 0 Å². The van der Waals surface area contributed by atoms with E-state index in [1.165, 1.54) is 205 Å². The summed E-state index contributed by atoms with van der Waals surface area (Å²) in [5.74, 6) is -0.704. The average Bonchev–Trinajstić information content (AvgIpc) is 3.40. The highest BCUT2D eigenvalue weighted by Crippen LogP contribution is 2.23. The molecular formula is C63H119NO10. The van der Waals surface area contributed by atoms with Crippen LogP contribution in [0.2, 0.25) is 0 Å². The van der Waals surface area contributed by atoms with Gasteiger partial charge in [-0.05, 0) is 70.6 Å². The molecule has 1 aliphatic rings. The van der Waals surface area contributed by atoms with Gasteiger partial charge in [0.1, 0.15) is 36.6 Å². The Morgan fingerprint density at radius 1 is 0.473 bits per heavy atom. The normalized spacial score (nSPS) is 20.0. The molecular weight excluding hydrogens is 931 g/mol. The second-order valence-corrected chi connectivity index (χ2v) is 22.1. The molecule has 1 rings (SSSR count). The number of nitrogens with one attached hydrogen (secondary N) is 1. The van der Waals surface area contributed by atoms with Crippen LogP contribution in [0.5, 0.6) is 0 Å². The summed E-state index contributed by atoms with van der Waals surface area (Å²) in [6, 6.07) is -1.19. The van der Waals surface area contributed by atoms with E-state index in [1.54, 1.807) is 0 Å². The fourth-order valence-corrected chi connectivity index (χ4v) is 10.1. The maximum absolute atomic E-state index is 13.2. The standard InChI is InChI=1S/C63H119NO10/c1-3-5-7-9-11-13-15-17-19-21-22-23-24-25-26-27-28-29-30-31-32-33-35-37-39-41-43-45-47-49-51-56(67)62(72)64-54(53-73-63-61(71)60(70)59(69)57(52-65)74-63)58(68)55(66)50-48-46-44-42-40-38-36-34-20-18-16-14-12-10-8-6-4-2/h22-23,25-26,42,44,54-61,63,65-71H,3-21,24,27-41,43,45-53H2,1-2H3,(H,64,72)/b23-22-,26-25-,44-42+. The Morgan fingerprint density at radius 2 is 0.838 bits per heavy atom. The first kappa shape index (κ1) is 70.3. The SMILES string of the molecule is CCCCCCCCCCC/C=C\C/C=C\CCCCCCCCCCCCCCCCC(O)C(=O)NC(COC1OC(CO)C(O)C(O)C1O)C(O)C(O)CCC/C=C/CCCCCCCCCCCCCC. The maximum atomic E-state index is 13.2. The second-order valence-electron chi connectivity index (χ2n) is 22.1. The van der Waals surface area contributed by atoms with E-state index in [0.29, 0.717) is 12.8 Å². The summed E-state index contributed by atoms with van der Waals surface area (Å²) < 4.78 is 11.1. The van der Waals surface area contributed by atoms with Gasteiger partial charge in [0.2, 0.25) is 5.91 Å². The van der Waals surface area contributed by atoms with Gasteiger partial charge in [0.25, 0.3) is 0 Å². The molecule has 74 heavy (non-hydrogen) atoms. The molecule has 0 saturated carbocycles. The fraction of sp³-hybridized carbons (Fsp3) is 0.889. The minimum absolute atomic E-state index is 0.254. The van der Waals surface area contributed by atoms with Gasteiger partial charge >= 0.3 is 0 Å². The van der Waals surface area contributed by atoms with Crippen LogP contribution in [0.15, 0.2) is 36.5 Å². The third-order valence-corrected chi connectivity index (χ3v) is 15.2. The van der Waals surface area contributed by atoms with Crippen LogP contribution in [-0.4, -0.2) is 110 Å². The smallest absolute Gasteiger partial charge is 0.249 e. The summed E-state index contributed by atoms with van der Waals surface area (Å²) in [6.07, 6.45) is 53.5. The molecule has 1 heterocycles. The Labute approximate surface area is 454 Å². The molecule has 0 spiro atoms. The van der Waals surface area contributed by atoms with E-state index >= 15 is 0 Å². The van der Waals surface area contributed by atoms with Crippen LogP contribution < -0.4 is 5.32 Å². The Bertz CT molecular complexity index is 1300. The van der Waals surface area contributed by atoms with Crippen molar-refractivity contribution in [2.24, 2.45) is 0 Å². The molecule has 0 aromatic heterocycles. The van der Waals surface area contributed by atoms with Gasteiger partial charge in [-0.2, -0.15) is 0 Å². The summed E-state index contributed by atoms with van der Waals surface area (Å²) in [7, 11) is 0. The summed E-state index contributed by atoms with van der Waals surface area (Å²) in [5, 5.41) is 76.2. The van der Waals surface area contributed by atoms with E-state index in [2.05, 4.69) is 55.6 Å². The largest absolute Gasteiger partial charge is 0.394 e. The van der Waals surface area contributed by atoms with Crippen molar-refractivity contribution >= 4 is 5.91 Å². The number of unbranched alkanes of at least 4 members (excludes halogenated alkanes) is 36. The lowest BCUT2D eigenvalue weighted by molar-refractivity contribution is -0.303. The van der Waals surface area contributed by atoms with Gasteiger partial charge in [-0.25, -0.2) is 0 Å². The van der Waals surface area contributed by atoms with Crippen LogP contribution in [0.4, 0.5) is 0 Å². The van der Waals surface area contributed by atoms with Crippen LogP contribution in [0.25, 0.3) is 0 Å². The first-order valence-electron chi connectivity index (χ1n) is 31.4. The number of carbonyl (C=O) groups excluding carboxylic acids is 1. The third kappa shape index (κ3) is 39.7.